The largest absolute Gasteiger partial charge is 0.299 e. The molecule has 1 heterocycles. The van der Waals surface area contributed by atoms with Crippen LogP contribution < -0.4 is 0 Å². The summed E-state index contributed by atoms with van der Waals surface area (Å²) >= 11 is 0. The van der Waals surface area contributed by atoms with Gasteiger partial charge >= 0.3 is 0 Å². The molecule has 1 saturated heterocycles. The lowest BCUT2D eigenvalue weighted by molar-refractivity contribution is 0.0253. The van der Waals surface area contributed by atoms with Crippen LogP contribution in [-0.4, -0.2) is 24.4 Å². The van der Waals surface area contributed by atoms with Gasteiger partial charge in [0.15, 0.2) is 0 Å². The van der Waals surface area contributed by atoms with Crippen molar-refractivity contribution in [1.82, 2.24) is 4.90 Å². The molecule has 3 heteroatoms. The van der Waals surface area contributed by atoms with Crippen LogP contribution in [0.15, 0.2) is 24.3 Å². The smallest absolute Gasteiger partial charge is 0.242 e. The van der Waals surface area contributed by atoms with E-state index in [-0.39, 0.29) is 0 Å². The Labute approximate surface area is 101 Å². The van der Waals surface area contributed by atoms with Crippen LogP contribution in [0.2, 0.25) is 0 Å². The third-order valence-corrected chi connectivity index (χ3v) is 3.43. The number of likely N-dealkylation sites (tertiary alicyclic amines) is 1. The summed E-state index contributed by atoms with van der Waals surface area (Å²) in [5, 5.41) is 0. The second-order valence-corrected chi connectivity index (χ2v) is 4.96. The number of piperidine rings is 1. The minimum atomic E-state index is -2.17. The maximum Gasteiger partial charge on any atom is 0.242 e. The van der Waals surface area contributed by atoms with E-state index in [2.05, 4.69) is 36.1 Å². The van der Waals surface area contributed by atoms with Crippen molar-refractivity contribution in [3.05, 3.63) is 35.4 Å². The van der Waals surface area contributed by atoms with Crippen molar-refractivity contribution in [2.75, 3.05) is 13.1 Å². The van der Waals surface area contributed by atoms with Crippen molar-refractivity contribution in [2.24, 2.45) is 5.92 Å². The zero-order valence-corrected chi connectivity index (χ0v) is 10.2. The summed E-state index contributed by atoms with van der Waals surface area (Å²) in [4.78, 5) is 2.14. The highest BCUT2D eigenvalue weighted by molar-refractivity contribution is 5.21. The van der Waals surface area contributed by atoms with Crippen LogP contribution >= 0.6 is 0 Å². The molecular weight excluding hydrogens is 220 g/mol. The monoisotopic (exact) mass is 239 g/mol. The van der Waals surface area contributed by atoms with Gasteiger partial charge in [-0.2, -0.15) is 0 Å². The summed E-state index contributed by atoms with van der Waals surface area (Å²) in [5.41, 5.74) is 2.45. The Morgan fingerprint density at radius 3 is 2.65 bits per heavy atom. The molecule has 0 amide bonds. The van der Waals surface area contributed by atoms with Crippen molar-refractivity contribution in [1.29, 1.82) is 0 Å². The third-order valence-electron chi connectivity index (χ3n) is 3.43. The van der Waals surface area contributed by atoms with E-state index in [9.17, 15) is 8.78 Å². The summed E-state index contributed by atoms with van der Waals surface area (Å²) < 4.78 is 25.3. The number of rotatable bonds is 3. The molecule has 0 radical (unpaired) electrons. The number of hydrogen-bond acceptors (Lipinski definition) is 1. The Balaban J connectivity index is 1.92. The number of nitrogens with zero attached hydrogens (tertiary/aromatic N) is 1. The predicted molar refractivity (Wildman–Crippen MR) is 65.2 cm³/mol. The molecule has 0 bridgehead atoms. The molecule has 1 atom stereocenters. The van der Waals surface area contributed by atoms with Crippen LogP contribution in [0.3, 0.4) is 0 Å². The third kappa shape index (κ3) is 3.50. The van der Waals surface area contributed by atoms with Crippen LogP contribution in [0.1, 0.15) is 24.0 Å². The molecule has 0 saturated carbocycles. The number of alkyl halides is 2. The molecule has 1 nitrogen and oxygen atoms in total. The normalized spacial score (nSPS) is 22.0. The molecule has 0 N–H and O–H groups in total. The molecule has 1 aromatic carbocycles. The quantitative estimate of drug-likeness (QED) is 0.780. The zero-order valence-electron chi connectivity index (χ0n) is 10.2. The molecule has 1 aromatic rings. The molecule has 94 valence electrons. The molecule has 1 aliphatic heterocycles. The predicted octanol–water partition coefficient (Wildman–Crippen LogP) is 3.47. The molecule has 0 aromatic heterocycles. The van der Waals surface area contributed by atoms with E-state index in [1.807, 2.05) is 0 Å². The maximum atomic E-state index is 12.7. The van der Waals surface area contributed by atoms with Crippen molar-refractivity contribution in [3.63, 3.8) is 0 Å². The molecule has 1 aliphatic rings. The molecule has 0 aliphatic carbocycles. The lowest BCUT2D eigenvalue weighted by Crippen LogP contribution is -2.37. The van der Waals surface area contributed by atoms with E-state index < -0.39 is 12.3 Å². The SMILES string of the molecule is Cc1ccc(CN2CCC[C@H](C(F)F)C2)cc1. The topological polar surface area (TPSA) is 3.24 Å². The Morgan fingerprint density at radius 2 is 2.00 bits per heavy atom. The molecule has 0 spiro atoms. The Hall–Kier alpha value is -0.960. The highest BCUT2D eigenvalue weighted by Crippen LogP contribution is 2.23. The van der Waals surface area contributed by atoms with Crippen molar-refractivity contribution in [2.45, 2.75) is 32.7 Å². The summed E-state index contributed by atoms with van der Waals surface area (Å²) in [7, 11) is 0. The molecule has 0 unspecified atom stereocenters. The fourth-order valence-corrected chi connectivity index (χ4v) is 2.39. The Bertz CT molecular complexity index is 348. The van der Waals surface area contributed by atoms with Gasteiger partial charge in [-0.05, 0) is 31.9 Å². The first kappa shape index (κ1) is 12.5. The number of benzene rings is 1. The first-order chi connectivity index (χ1) is 8.15. The fourth-order valence-electron chi connectivity index (χ4n) is 2.39. The van der Waals surface area contributed by atoms with E-state index in [1.165, 1.54) is 11.1 Å². The maximum absolute atomic E-state index is 12.7. The van der Waals surface area contributed by atoms with Gasteiger partial charge in [0.1, 0.15) is 0 Å². The first-order valence-corrected chi connectivity index (χ1v) is 6.21. The van der Waals surface area contributed by atoms with Gasteiger partial charge in [0.2, 0.25) is 6.43 Å². The van der Waals surface area contributed by atoms with Crippen molar-refractivity contribution in [3.8, 4) is 0 Å². The lowest BCUT2D eigenvalue weighted by Gasteiger charge is -2.32. The van der Waals surface area contributed by atoms with Gasteiger partial charge in [0.25, 0.3) is 0 Å². The van der Waals surface area contributed by atoms with Gasteiger partial charge in [0.05, 0.1) is 0 Å². The van der Waals surface area contributed by atoms with Crippen LogP contribution in [0.4, 0.5) is 8.78 Å². The second-order valence-electron chi connectivity index (χ2n) is 4.96. The van der Waals surface area contributed by atoms with E-state index >= 15 is 0 Å². The number of halogens is 2. The van der Waals surface area contributed by atoms with E-state index in [0.717, 1.165) is 19.5 Å². The average molecular weight is 239 g/mol. The van der Waals surface area contributed by atoms with Crippen LogP contribution in [0.5, 0.6) is 0 Å². The first-order valence-electron chi connectivity index (χ1n) is 6.21. The summed E-state index contributed by atoms with van der Waals surface area (Å²) in [6.07, 6.45) is -0.612. The molecule has 17 heavy (non-hydrogen) atoms. The fraction of sp³-hybridized carbons (Fsp3) is 0.571. The van der Waals surface area contributed by atoms with E-state index in [1.54, 1.807) is 0 Å². The Kier molecular flexibility index (Phi) is 4.11. The van der Waals surface area contributed by atoms with Crippen molar-refractivity contribution >= 4 is 0 Å². The van der Waals surface area contributed by atoms with Crippen LogP contribution in [0, 0.1) is 12.8 Å². The average Bonchev–Trinajstić information content (AvgIpc) is 2.32. The summed E-state index contributed by atoms with van der Waals surface area (Å²) in [5.74, 6) is -0.436. The lowest BCUT2D eigenvalue weighted by atomic mass is 9.98. The van der Waals surface area contributed by atoms with Crippen LogP contribution in [0.25, 0.3) is 0 Å². The van der Waals surface area contributed by atoms with Gasteiger partial charge in [0, 0.05) is 19.0 Å². The minimum absolute atomic E-state index is 0.436. The second kappa shape index (κ2) is 5.58. The van der Waals surface area contributed by atoms with Gasteiger partial charge in [-0.15, -0.1) is 0 Å². The van der Waals surface area contributed by atoms with E-state index in [0.29, 0.717) is 13.0 Å². The summed E-state index contributed by atoms with van der Waals surface area (Å²) in [6, 6.07) is 8.32. The molecule has 1 fully saturated rings. The number of hydrogen-bond donors (Lipinski definition) is 0. The van der Waals surface area contributed by atoms with Crippen LogP contribution in [-0.2, 0) is 6.54 Å². The highest BCUT2D eigenvalue weighted by Gasteiger charge is 2.26. The van der Waals surface area contributed by atoms with Gasteiger partial charge in [-0.25, -0.2) is 8.78 Å². The van der Waals surface area contributed by atoms with Gasteiger partial charge in [-0.3, -0.25) is 4.90 Å². The highest BCUT2D eigenvalue weighted by atomic mass is 19.3. The molecule has 2 rings (SSSR count). The van der Waals surface area contributed by atoms with Gasteiger partial charge in [-0.1, -0.05) is 29.8 Å². The van der Waals surface area contributed by atoms with Crippen molar-refractivity contribution < 1.29 is 8.78 Å². The summed E-state index contributed by atoms with van der Waals surface area (Å²) in [6.45, 7) is 4.32. The van der Waals surface area contributed by atoms with E-state index in [4.69, 9.17) is 0 Å². The minimum Gasteiger partial charge on any atom is -0.299 e. The Morgan fingerprint density at radius 1 is 1.29 bits per heavy atom. The zero-order chi connectivity index (χ0) is 12.3. The number of aryl methyl sites for hydroxylation is 1. The molecular formula is C14H19F2N. The van der Waals surface area contributed by atoms with Gasteiger partial charge < -0.3 is 0 Å². The standard InChI is InChI=1S/C14H19F2N/c1-11-4-6-12(7-5-11)9-17-8-2-3-13(10-17)14(15)16/h4-7,13-14H,2-3,8-10H2,1H3/t13-/m0/s1.